The first-order chi connectivity index (χ1) is 11.4. The number of hydrogen-bond donors (Lipinski definition) is 1. The monoisotopic (exact) mass is 371 g/mol. The Morgan fingerprint density at radius 2 is 1.52 bits per heavy atom. The summed E-state index contributed by atoms with van der Waals surface area (Å²) in [6.45, 7) is 7.73. The van der Waals surface area contributed by atoms with Crippen LogP contribution in [-0.4, -0.2) is 29.1 Å². The van der Waals surface area contributed by atoms with Crippen LogP contribution in [0.25, 0.3) is 4.85 Å². The zero-order chi connectivity index (χ0) is 19.0. The van der Waals surface area contributed by atoms with E-state index in [0.29, 0.717) is 19.3 Å². The molecule has 0 aromatic rings. The van der Waals surface area contributed by atoms with Gasteiger partial charge in [0.2, 0.25) is 6.04 Å². The first-order valence-electron chi connectivity index (χ1n) is 8.60. The lowest BCUT2D eigenvalue weighted by Gasteiger charge is -2.43. The van der Waals surface area contributed by atoms with Crippen molar-refractivity contribution in [2.75, 3.05) is 0 Å². The van der Waals surface area contributed by atoms with Crippen molar-refractivity contribution < 1.29 is 31.4 Å². The quantitative estimate of drug-likeness (QED) is 0.512. The Morgan fingerprint density at radius 3 is 2.04 bits per heavy atom. The molecule has 0 heterocycles. The van der Waals surface area contributed by atoms with E-state index in [0.717, 1.165) is 6.92 Å². The zero-order valence-electron chi connectivity index (χ0n) is 14.0. The summed E-state index contributed by atoms with van der Waals surface area (Å²) in [5.74, 6) is -3.29. The lowest BCUT2D eigenvalue weighted by molar-refractivity contribution is -0.277. The molecule has 1 N–H and O–H groups in total. The smallest absolute Gasteiger partial charge is 0.380 e. The van der Waals surface area contributed by atoms with Crippen molar-refractivity contribution in [3.63, 3.8) is 0 Å². The minimum atomic E-state index is -4.75. The number of alkyl halides is 6. The molecule has 6 unspecified atom stereocenters. The number of halogens is 6. The molecule has 2 aliphatic carbocycles. The van der Waals surface area contributed by atoms with Gasteiger partial charge in [0.25, 0.3) is 0 Å². The highest BCUT2D eigenvalue weighted by Gasteiger charge is 2.57. The highest BCUT2D eigenvalue weighted by atomic mass is 19.4. The second-order valence-electron chi connectivity index (χ2n) is 7.69. The molecular formula is C17H23F6NO. The predicted molar refractivity (Wildman–Crippen MR) is 79.4 cm³/mol. The third kappa shape index (κ3) is 4.24. The molecule has 2 rings (SSSR count). The summed E-state index contributed by atoms with van der Waals surface area (Å²) >= 11 is 0. The third-order valence-corrected chi connectivity index (χ3v) is 6.19. The van der Waals surface area contributed by atoms with Crippen molar-refractivity contribution >= 4 is 0 Å². The molecule has 2 nitrogen and oxygen atoms in total. The number of aliphatic hydroxyl groups is 1. The van der Waals surface area contributed by atoms with E-state index in [2.05, 4.69) is 4.85 Å². The summed E-state index contributed by atoms with van der Waals surface area (Å²) in [5.41, 5.74) is -2.82. The van der Waals surface area contributed by atoms with Crippen molar-refractivity contribution in [2.24, 2.45) is 23.7 Å². The van der Waals surface area contributed by atoms with Crippen LogP contribution in [0.5, 0.6) is 0 Å². The van der Waals surface area contributed by atoms with Crippen LogP contribution < -0.4 is 0 Å². The lowest BCUT2D eigenvalue weighted by Crippen LogP contribution is -2.50. The van der Waals surface area contributed by atoms with E-state index in [1.165, 1.54) is 0 Å². The standard InChI is InChI=1S/C17H23F6NO/c1-15(25,17(21,22)23)12-5-3-4-10(8-12)11-6-7-14(24-2)13(9-11)16(18,19)20/h10-14,25H,3-9H2,1H3. The van der Waals surface area contributed by atoms with Gasteiger partial charge >= 0.3 is 12.4 Å². The van der Waals surface area contributed by atoms with Gasteiger partial charge < -0.3 is 9.95 Å². The van der Waals surface area contributed by atoms with Crippen molar-refractivity contribution in [1.29, 1.82) is 0 Å². The maximum atomic E-state index is 13.2. The van der Waals surface area contributed by atoms with Crippen LogP contribution in [-0.2, 0) is 0 Å². The van der Waals surface area contributed by atoms with Gasteiger partial charge in [0.05, 0.1) is 0 Å². The van der Waals surface area contributed by atoms with E-state index in [-0.39, 0.29) is 37.5 Å². The largest absolute Gasteiger partial charge is 0.417 e. The van der Waals surface area contributed by atoms with E-state index in [1.807, 2.05) is 0 Å². The molecular weight excluding hydrogens is 348 g/mol. The van der Waals surface area contributed by atoms with Gasteiger partial charge in [-0.3, -0.25) is 0 Å². The van der Waals surface area contributed by atoms with Crippen LogP contribution in [0.1, 0.15) is 51.9 Å². The Labute approximate surface area is 143 Å². The van der Waals surface area contributed by atoms with Crippen molar-refractivity contribution in [1.82, 2.24) is 0 Å². The predicted octanol–water partition coefficient (Wildman–Crippen LogP) is 5.37. The molecule has 0 bridgehead atoms. The fourth-order valence-corrected chi connectivity index (χ4v) is 4.52. The average molecular weight is 371 g/mol. The van der Waals surface area contributed by atoms with Gasteiger partial charge in [0, 0.05) is 6.42 Å². The molecule has 2 aliphatic rings. The fourth-order valence-electron chi connectivity index (χ4n) is 4.52. The summed E-state index contributed by atoms with van der Waals surface area (Å²) in [4.78, 5) is 3.10. The number of rotatable bonds is 2. The molecule has 2 fully saturated rings. The van der Waals surface area contributed by atoms with Gasteiger partial charge in [-0.15, -0.1) is 0 Å². The van der Waals surface area contributed by atoms with Crippen LogP contribution in [0.4, 0.5) is 26.3 Å². The third-order valence-electron chi connectivity index (χ3n) is 6.19. The SMILES string of the molecule is [C-]#[N+]C1CCC(C2CCCC(C(C)(O)C(F)(F)F)C2)CC1C(F)(F)F. The average Bonchev–Trinajstić information content (AvgIpc) is 2.52. The molecule has 0 aromatic carbocycles. The zero-order valence-corrected chi connectivity index (χ0v) is 14.0. The summed E-state index contributed by atoms with van der Waals surface area (Å²) in [7, 11) is 0. The Hall–Kier alpha value is -0.970. The first kappa shape index (κ1) is 20.3. The lowest BCUT2D eigenvalue weighted by atomic mass is 9.64. The maximum absolute atomic E-state index is 13.2. The van der Waals surface area contributed by atoms with E-state index in [9.17, 15) is 31.4 Å². The second-order valence-corrected chi connectivity index (χ2v) is 7.69. The molecule has 2 saturated carbocycles. The van der Waals surface area contributed by atoms with E-state index in [4.69, 9.17) is 6.57 Å². The van der Waals surface area contributed by atoms with Crippen molar-refractivity contribution in [2.45, 2.75) is 75.9 Å². The molecule has 6 atom stereocenters. The molecule has 8 heteroatoms. The summed E-state index contributed by atoms with van der Waals surface area (Å²) in [6.07, 6.45) is -7.46. The van der Waals surface area contributed by atoms with Crippen LogP contribution in [0.15, 0.2) is 0 Å². The Morgan fingerprint density at radius 1 is 0.920 bits per heavy atom. The molecule has 0 spiro atoms. The molecule has 0 saturated heterocycles. The molecule has 144 valence electrons. The number of nitrogens with zero attached hydrogens (tertiary/aromatic N) is 1. The normalized spacial score (nSPS) is 37.2. The maximum Gasteiger partial charge on any atom is 0.417 e. The second kappa shape index (κ2) is 6.98. The summed E-state index contributed by atoms with van der Waals surface area (Å²) in [6, 6.07) is -1.09. The first-order valence-corrected chi connectivity index (χ1v) is 8.60. The van der Waals surface area contributed by atoms with Crippen LogP contribution in [0.3, 0.4) is 0 Å². The summed E-state index contributed by atoms with van der Waals surface area (Å²) in [5, 5.41) is 9.91. The molecule has 0 radical (unpaired) electrons. The van der Waals surface area contributed by atoms with Gasteiger partial charge in [-0.2, -0.15) is 26.3 Å². The van der Waals surface area contributed by atoms with Gasteiger partial charge in [-0.05, 0) is 50.4 Å². The Kier molecular flexibility index (Phi) is 5.68. The highest BCUT2D eigenvalue weighted by molar-refractivity contribution is 4.98. The molecule has 0 aliphatic heterocycles. The van der Waals surface area contributed by atoms with Gasteiger partial charge in [-0.25, -0.2) is 6.57 Å². The molecule has 0 aromatic heterocycles. The van der Waals surface area contributed by atoms with Crippen molar-refractivity contribution in [3.8, 4) is 0 Å². The topological polar surface area (TPSA) is 24.6 Å². The fraction of sp³-hybridized carbons (Fsp3) is 0.941. The van der Waals surface area contributed by atoms with Gasteiger partial charge in [-0.1, -0.05) is 12.8 Å². The Bertz CT molecular complexity index is 507. The van der Waals surface area contributed by atoms with Crippen LogP contribution in [0.2, 0.25) is 0 Å². The van der Waals surface area contributed by atoms with Crippen LogP contribution in [0, 0.1) is 30.2 Å². The van der Waals surface area contributed by atoms with Gasteiger partial charge in [0.1, 0.15) is 5.92 Å². The van der Waals surface area contributed by atoms with E-state index >= 15 is 0 Å². The molecule has 0 amide bonds. The minimum absolute atomic E-state index is 0.0877. The van der Waals surface area contributed by atoms with E-state index < -0.39 is 35.8 Å². The van der Waals surface area contributed by atoms with Crippen LogP contribution >= 0.6 is 0 Å². The highest BCUT2D eigenvalue weighted by Crippen LogP contribution is 2.50. The van der Waals surface area contributed by atoms with Gasteiger partial charge in [0.15, 0.2) is 5.60 Å². The Balaban J connectivity index is 2.10. The molecule has 25 heavy (non-hydrogen) atoms. The number of hydrogen-bond acceptors (Lipinski definition) is 1. The minimum Gasteiger partial charge on any atom is -0.380 e. The van der Waals surface area contributed by atoms with Crippen molar-refractivity contribution in [3.05, 3.63) is 11.4 Å². The summed E-state index contributed by atoms with van der Waals surface area (Å²) < 4.78 is 78.8. The van der Waals surface area contributed by atoms with E-state index in [1.54, 1.807) is 0 Å².